The van der Waals surface area contributed by atoms with Gasteiger partial charge in [0.05, 0.1) is 6.10 Å². The van der Waals surface area contributed by atoms with Gasteiger partial charge in [-0.2, -0.15) is 0 Å². The Morgan fingerprint density at radius 3 is 2.25 bits per heavy atom. The molecule has 1 N–H and O–H groups in total. The SMILES string of the molecule is CCC1O[C@@H](c2ccc(Cl)c(Cc3ccc(O)cc3)c2)C(OC(C)=O)[C@@H](C)C1OC(C)=O. The second-order valence-electron chi connectivity index (χ2n) is 8.20. The minimum absolute atomic E-state index is 0.204. The lowest BCUT2D eigenvalue weighted by Crippen LogP contribution is -2.52. The average molecular weight is 461 g/mol. The molecule has 5 atom stereocenters. The van der Waals surface area contributed by atoms with E-state index in [1.54, 1.807) is 12.1 Å². The number of aromatic hydroxyl groups is 1. The molecule has 0 spiro atoms. The highest BCUT2D eigenvalue weighted by atomic mass is 35.5. The van der Waals surface area contributed by atoms with Gasteiger partial charge in [0.1, 0.15) is 24.1 Å². The number of esters is 2. The van der Waals surface area contributed by atoms with Gasteiger partial charge in [0.15, 0.2) is 0 Å². The number of carbonyl (C=O) groups excluding carboxylic acids is 2. The number of benzene rings is 2. The van der Waals surface area contributed by atoms with Crippen molar-refractivity contribution in [3.8, 4) is 5.75 Å². The van der Waals surface area contributed by atoms with E-state index >= 15 is 0 Å². The van der Waals surface area contributed by atoms with E-state index in [0.29, 0.717) is 17.9 Å². The molecule has 6 nitrogen and oxygen atoms in total. The maximum atomic E-state index is 11.9. The molecule has 0 bridgehead atoms. The van der Waals surface area contributed by atoms with E-state index < -0.39 is 30.3 Å². The van der Waals surface area contributed by atoms with Gasteiger partial charge in [0, 0.05) is 24.8 Å². The zero-order chi connectivity index (χ0) is 23.4. The molecule has 1 saturated heterocycles. The topological polar surface area (TPSA) is 82.1 Å². The summed E-state index contributed by atoms with van der Waals surface area (Å²) in [4.78, 5) is 23.5. The third-order valence-corrected chi connectivity index (χ3v) is 6.13. The Hall–Kier alpha value is -2.57. The van der Waals surface area contributed by atoms with Crippen LogP contribution in [0.4, 0.5) is 0 Å². The first-order chi connectivity index (χ1) is 15.2. The monoisotopic (exact) mass is 460 g/mol. The minimum atomic E-state index is -0.623. The van der Waals surface area contributed by atoms with Crippen LogP contribution in [-0.2, 0) is 30.2 Å². The zero-order valence-corrected chi connectivity index (χ0v) is 19.5. The molecule has 1 aliphatic rings. The van der Waals surface area contributed by atoms with Crippen LogP contribution in [0.2, 0.25) is 5.02 Å². The Morgan fingerprint density at radius 1 is 1.03 bits per heavy atom. The largest absolute Gasteiger partial charge is 0.508 e. The van der Waals surface area contributed by atoms with Crippen molar-refractivity contribution in [1.29, 1.82) is 0 Å². The molecule has 0 aliphatic carbocycles. The number of rotatable bonds is 6. The van der Waals surface area contributed by atoms with Crippen LogP contribution in [0.3, 0.4) is 0 Å². The number of carbonyl (C=O) groups is 2. The fraction of sp³-hybridized carbons (Fsp3) is 0.440. The van der Waals surface area contributed by atoms with Crippen LogP contribution in [0, 0.1) is 5.92 Å². The van der Waals surface area contributed by atoms with Crippen molar-refractivity contribution in [1.82, 2.24) is 0 Å². The highest BCUT2D eigenvalue weighted by Crippen LogP contribution is 2.40. The van der Waals surface area contributed by atoms with Gasteiger partial charge in [-0.15, -0.1) is 0 Å². The molecule has 1 aliphatic heterocycles. The molecular weight excluding hydrogens is 432 g/mol. The lowest BCUT2D eigenvalue weighted by Gasteiger charge is -2.44. The molecule has 0 aromatic heterocycles. The highest BCUT2D eigenvalue weighted by Gasteiger charge is 2.47. The average Bonchev–Trinajstić information content (AvgIpc) is 2.74. The highest BCUT2D eigenvalue weighted by molar-refractivity contribution is 6.31. The third kappa shape index (κ3) is 5.61. The molecule has 2 aromatic carbocycles. The molecule has 3 unspecified atom stereocenters. The maximum Gasteiger partial charge on any atom is 0.303 e. The van der Waals surface area contributed by atoms with E-state index in [1.807, 2.05) is 44.2 Å². The van der Waals surface area contributed by atoms with Gasteiger partial charge in [-0.25, -0.2) is 0 Å². The minimum Gasteiger partial charge on any atom is -0.508 e. The van der Waals surface area contributed by atoms with Gasteiger partial charge in [0.25, 0.3) is 0 Å². The number of phenols is 1. The van der Waals surface area contributed by atoms with Crippen LogP contribution < -0.4 is 0 Å². The molecule has 32 heavy (non-hydrogen) atoms. The Bertz CT molecular complexity index is 957. The van der Waals surface area contributed by atoms with Crippen LogP contribution in [0.1, 0.15) is 56.9 Å². The number of halogens is 1. The summed E-state index contributed by atoms with van der Waals surface area (Å²) in [6.07, 6.45) is -0.784. The van der Waals surface area contributed by atoms with Gasteiger partial charge in [-0.05, 0) is 47.7 Å². The molecule has 2 aromatic rings. The quantitative estimate of drug-likeness (QED) is 0.612. The van der Waals surface area contributed by atoms with E-state index in [9.17, 15) is 14.7 Å². The van der Waals surface area contributed by atoms with E-state index in [2.05, 4.69) is 0 Å². The molecule has 1 fully saturated rings. The molecule has 3 rings (SSSR count). The van der Waals surface area contributed by atoms with Crippen molar-refractivity contribution in [3.63, 3.8) is 0 Å². The summed E-state index contributed by atoms with van der Waals surface area (Å²) in [7, 11) is 0. The molecule has 0 radical (unpaired) electrons. The van der Waals surface area contributed by atoms with E-state index in [-0.39, 0.29) is 17.8 Å². The van der Waals surface area contributed by atoms with Crippen molar-refractivity contribution in [2.45, 2.75) is 65.0 Å². The maximum absolute atomic E-state index is 11.9. The van der Waals surface area contributed by atoms with E-state index in [1.165, 1.54) is 13.8 Å². The molecular formula is C25H29ClO6. The third-order valence-electron chi connectivity index (χ3n) is 5.76. The lowest BCUT2D eigenvalue weighted by atomic mass is 9.83. The molecule has 0 amide bonds. The lowest BCUT2D eigenvalue weighted by molar-refractivity contribution is -0.223. The first-order valence-corrected chi connectivity index (χ1v) is 11.1. The van der Waals surface area contributed by atoms with Gasteiger partial charge in [-0.1, -0.05) is 49.7 Å². The van der Waals surface area contributed by atoms with Crippen molar-refractivity contribution in [3.05, 3.63) is 64.2 Å². The predicted octanol–water partition coefficient (Wildman–Crippen LogP) is 4.99. The summed E-state index contributed by atoms with van der Waals surface area (Å²) < 4.78 is 17.5. The Morgan fingerprint density at radius 2 is 1.66 bits per heavy atom. The van der Waals surface area contributed by atoms with Crippen molar-refractivity contribution in [2.75, 3.05) is 0 Å². The van der Waals surface area contributed by atoms with E-state index in [0.717, 1.165) is 16.7 Å². The second kappa shape index (κ2) is 10.4. The van der Waals surface area contributed by atoms with Crippen LogP contribution in [0.5, 0.6) is 5.75 Å². The van der Waals surface area contributed by atoms with Crippen LogP contribution in [0.15, 0.2) is 42.5 Å². The van der Waals surface area contributed by atoms with Crippen LogP contribution in [0.25, 0.3) is 0 Å². The molecule has 7 heteroatoms. The van der Waals surface area contributed by atoms with Crippen molar-refractivity contribution in [2.24, 2.45) is 5.92 Å². The Labute approximate surface area is 193 Å². The summed E-state index contributed by atoms with van der Waals surface area (Å²) in [6.45, 7) is 6.59. The fourth-order valence-corrected chi connectivity index (χ4v) is 4.40. The van der Waals surface area contributed by atoms with E-state index in [4.69, 9.17) is 25.8 Å². The summed E-state index contributed by atoms with van der Waals surface area (Å²) in [5.74, 6) is -0.880. The first-order valence-electron chi connectivity index (χ1n) is 10.8. The number of hydrogen-bond acceptors (Lipinski definition) is 6. The molecule has 1 heterocycles. The van der Waals surface area contributed by atoms with Crippen molar-refractivity contribution >= 4 is 23.5 Å². The van der Waals surface area contributed by atoms with Crippen LogP contribution >= 0.6 is 11.6 Å². The van der Waals surface area contributed by atoms with Crippen molar-refractivity contribution < 1.29 is 28.9 Å². The van der Waals surface area contributed by atoms with Crippen LogP contribution in [-0.4, -0.2) is 35.4 Å². The molecule has 172 valence electrons. The second-order valence-corrected chi connectivity index (χ2v) is 8.61. The Balaban J connectivity index is 1.95. The number of ether oxygens (including phenoxy) is 3. The summed E-state index contributed by atoms with van der Waals surface area (Å²) in [6, 6.07) is 12.6. The van der Waals surface area contributed by atoms with Gasteiger partial charge >= 0.3 is 11.9 Å². The summed E-state index contributed by atoms with van der Waals surface area (Å²) in [5.41, 5.74) is 2.72. The van der Waals surface area contributed by atoms with Gasteiger partial charge in [-0.3, -0.25) is 9.59 Å². The standard InChI is InChI=1S/C25H29ClO6/c1-5-22-23(30-15(3)27)14(2)24(31-16(4)28)25(32-22)18-8-11-21(26)19(13-18)12-17-6-9-20(29)10-7-17/h6-11,13-14,22-25,29H,5,12H2,1-4H3/t14-,22?,23?,24?,25-/m0/s1. The normalized spacial score (nSPS) is 25.2. The van der Waals surface area contributed by atoms with Gasteiger partial charge < -0.3 is 19.3 Å². The predicted molar refractivity (Wildman–Crippen MR) is 121 cm³/mol. The van der Waals surface area contributed by atoms with Gasteiger partial charge in [0.2, 0.25) is 0 Å². The summed E-state index contributed by atoms with van der Waals surface area (Å²) >= 11 is 6.47. The summed E-state index contributed by atoms with van der Waals surface area (Å²) in [5, 5.41) is 10.1. The smallest absolute Gasteiger partial charge is 0.303 e. The zero-order valence-electron chi connectivity index (χ0n) is 18.7. The number of hydrogen-bond donors (Lipinski definition) is 1. The Kier molecular flexibility index (Phi) is 7.80. The molecule has 0 saturated carbocycles. The number of phenolic OH excluding ortho intramolecular Hbond substituents is 1. The fourth-order valence-electron chi connectivity index (χ4n) is 4.22. The first kappa shape index (κ1) is 24.1.